The quantitative estimate of drug-likeness (QED) is 0.216. The zero-order chi connectivity index (χ0) is 28.6. The van der Waals surface area contributed by atoms with Gasteiger partial charge in [0.1, 0.15) is 34.4 Å². The molecule has 5 rings (SSSR count). The number of hydrogen-bond acceptors (Lipinski definition) is 8. The third-order valence-corrected chi connectivity index (χ3v) is 6.55. The number of carbonyl (C=O) groups is 1. The molecule has 0 fully saturated rings. The number of aryl methyl sites for hydroxylation is 3. The van der Waals surface area contributed by atoms with E-state index in [4.69, 9.17) is 19.0 Å². The number of ether oxygens (including phenoxy) is 2. The molecular formula is C30H34N6O4. The highest BCUT2D eigenvalue weighted by atomic mass is 16.6. The maximum atomic E-state index is 12.5. The maximum absolute atomic E-state index is 12.5. The standard InChI is InChI=1S/C30H34N6O4/c1-16-25(17(2)40-36-16)21-13-22-20(14-24(21)38-7)26-27(34-22)32-18(3)33-28(26)35-23(19-11-9-8-10-12-19)15-31-29(37)39-30(4,5)6/h8-14,23H,15H2,1-7H3,(H,31,37)(H2,32,33,34,35). The van der Waals surface area contributed by atoms with Gasteiger partial charge in [0.2, 0.25) is 0 Å². The molecule has 0 aliphatic rings. The Balaban J connectivity index is 1.59. The molecule has 1 amide bonds. The molecule has 1 atom stereocenters. The molecule has 3 N–H and O–H groups in total. The number of methoxy groups -OCH3 is 1. The molecule has 40 heavy (non-hydrogen) atoms. The highest BCUT2D eigenvalue weighted by Gasteiger charge is 2.23. The summed E-state index contributed by atoms with van der Waals surface area (Å²) in [5.41, 5.74) is 4.51. The first kappa shape index (κ1) is 27.0. The number of rotatable bonds is 7. The second kappa shape index (κ2) is 10.5. The molecule has 0 aliphatic heterocycles. The maximum Gasteiger partial charge on any atom is 0.407 e. The molecule has 0 radical (unpaired) electrons. The predicted octanol–water partition coefficient (Wildman–Crippen LogP) is 6.38. The van der Waals surface area contributed by atoms with Crippen LogP contribution in [0.4, 0.5) is 10.6 Å². The van der Waals surface area contributed by atoms with Crippen molar-refractivity contribution in [2.45, 2.75) is 53.2 Å². The van der Waals surface area contributed by atoms with Gasteiger partial charge in [-0.3, -0.25) is 0 Å². The molecule has 3 heterocycles. The van der Waals surface area contributed by atoms with Crippen LogP contribution in [0.15, 0.2) is 47.0 Å². The van der Waals surface area contributed by atoms with Crippen molar-refractivity contribution in [1.29, 1.82) is 0 Å². The molecule has 2 aromatic carbocycles. The zero-order valence-corrected chi connectivity index (χ0v) is 23.8. The van der Waals surface area contributed by atoms with Crippen LogP contribution in [0.5, 0.6) is 5.75 Å². The van der Waals surface area contributed by atoms with Gasteiger partial charge in [-0.05, 0) is 59.2 Å². The number of amides is 1. The fourth-order valence-corrected chi connectivity index (χ4v) is 4.87. The van der Waals surface area contributed by atoms with Gasteiger partial charge in [-0.15, -0.1) is 0 Å². The van der Waals surface area contributed by atoms with Crippen LogP contribution in [0.1, 0.15) is 49.7 Å². The average molecular weight is 543 g/mol. The van der Waals surface area contributed by atoms with Crippen LogP contribution in [0, 0.1) is 20.8 Å². The molecule has 10 heteroatoms. The van der Waals surface area contributed by atoms with Crippen molar-refractivity contribution in [2.24, 2.45) is 0 Å². The van der Waals surface area contributed by atoms with Gasteiger partial charge in [0, 0.05) is 23.0 Å². The second-order valence-corrected chi connectivity index (χ2v) is 10.8. The summed E-state index contributed by atoms with van der Waals surface area (Å²) in [6.07, 6.45) is -0.483. The van der Waals surface area contributed by atoms with E-state index in [0.717, 1.165) is 38.7 Å². The molecule has 0 bridgehead atoms. The van der Waals surface area contributed by atoms with E-state index in [1.165, 1.54) is 0 Å². The number of H-pyrrole nitrogens is 1. The van der Waals surface area contributed by atoms with Crippen LogP contribution in [0.25, 0.3) is 33.1 Å². The highest BCUT2D eigenvalue weighted by Crippen LogP contribution is 2.41. The number of hydrogen-bond donors (Lipinski definition) is 3. The minimum absolute atomic E-state index is 0.283. The number of aromatic amines is 1. The largest absolute Gasteiger partial charge is 0.496 e. The van der Waals surface area contributed by atoms with Crippen LogP contribution in [-0.4, -0.2) is 45.5 Å². The Bertz CT molecular complexity index is 1660. The lowest BCUT2D eigenvalue weighted by atomic mass is 10.0. The van der Waals surface area contributed by atoms with Gasteiger partial charge in [-0.2, -0.15) is 0 Å². The van der Waals surface area contributed by atoms with E-state index < -0.39 is 11.7 Å². The van der Waals surface area contributed by atoms with Crippen LogP contribution in [0.3, 0.4) is 0 Å². The Labute approximate surface area is 232 Å². The third kappa shape index (κ3) is 5.42. The number of anilines is 1. The van der Waals surface area contributed by atoms with Gasteiger partial charge in [0.05, 0.1) is 29.8 Å². The lowest BCUT2D eigenvalue weighted by Crippen LogP contribution is -2.36. The Hall–Kier alpha value is -4.60. The number of carbonyl (C=O) groups excluding carboxylic acids is 1. The summed E-state index contributed by atoms with van der Waals surface area (Å²) in [6.45, 7) is 11.4. The average Bonchev–Trinajstić information content (AvgIpc) is 3.42. The first-order chi connectivity index (χ1) is 19.0. The summed E-state index contributed by atoms with van der Waals surface area (Å²) < 4.78 is 16.7. The molecular weight excluding hydrogens is 508 g/mol. The van der Waals surface area contributed by atoms with E-state index in [-0.39, 0.29) is 12.6 Å². The minimum atomic E-state index is -0.596. The van der Waals surface area contributed by atoms with Crippen molar-refractivity contribution in [3.63, 3.8) is 0 Å². The topological polar surface area (TPSA) is 127 Å². The van der Waals surface area contributed by atoms with Gasteiger partial charge in [-0.25, -0.2) is 14.8 Å². The Morgan fingerprint density at radius 3 is 2.50 bits per heavy atom. The van der Waals surface area contributed by atoms with Crippen LogP contribution in [-0.2, 0) is 4.74 Å². The van der Waals surface area contributed by atoms with Gasteiger partial charge >= 0.3 is 6.09 Å². The Kier molecular flexibility index (Phi) is 7.10. The normalized spacial score (nSPS) is 12.5. The van der Waals surface area contributed by atoms with Crippen LogP contribution < -0.4 is 15.4 Å². The van der Waals surface area contributed by atoms with Crippen molar-refractivity contribution in [3.05, 3.63) is 65.3 Å². The number of nitrogens with zero attached hydrogens (tertiary/aromatic N) is 3. The summed E-state index contributed by atoms with van der Waals surface area (Å²) in [5.74, 6) is 2.64. The van der Waals surface area contributed by atoms with Gasteiger partial charge in [0.15, 0.2) is 0 Å². The molecule has 208 valence electrons. The lowest BCUT2D eigenvalue weighted by molar-refractivity contribution is 0.0525. The molecule has 0 saturated carbocycles. The van der Waals surface area contributed by atoms with E-state index in [1.54, 1.807) is 7.11 Å². The Morgan fingerprint density at radius 2 is 1.85 bits per heavy atom. The summed E-state index contributed by atoms with van der Waals surface area (Å²) >= 11 is 0. The highest BCUT2D eigenvalue weighted by molar-refractivity contribution is 6.12. The van der Waals surface area contributed by atoms with Crippen molar-refractivity contribution < 1.29 is 18.8 Å². The fourth-order valence-electron chi connectivity index (χ4n) is 4.87. The molecule has 1 unspecified atom stereocenters. The smallest absolute Gasteiger partial charge is 0.407 e. The number of fused-ring (bicyclic) bond motifs is 3. The second-order valence-electron chi connectivity index (χ2n) is 10.8. The molecule has 0 spiro atoms. The molecule has 0 saturated heterocycles. The lowest BCUT2D eigenvalue weighted by Gasteiger charge is -2.23. The van der Waals surface area contributed by atoms with Crippen molar-refractivity contribution in [1.82, 2.24) is 25.4 Å². The number of benzene rings is 2. The van der Waals surface area contributed by atoms with E-state index in [2.05, 4.69) is 25.8 Å². The summed E-state index contributed by atoms with van der Waals surface area (Å²) in [4.78, 5) is 25.4. The predicted molar refractivity (Wildman–Crippen MR) is 155 cm³/mol. The first-order valence-corrected chi connectivity index (χ1v) is 13.1. The number of alkyl carbamates (subject to hydrolysis) is 1. The molecule has 10 nitrogen and oxygen atoms in total. The van der Waals surface area contributed by atoms with E-state index >= 15 is 0 Å². The van der Waals surface area contributed by atoms with Crippen LogP contribution in [0.2, 0.25) is 0 Å². The van der Waals surface area contributed by atoms with Crippen LogP contribution >= 0.6 is 0 Å². The number of aromatic nitrogens is 4. The minimum Gasteiger partial charge on any atom is -0.496 e. The third-order valence-electron chi connectivity index (χ3n) is 6.55. The molecule has 5 aromatic rings. The van der Waals surface area contributed by atoms with Gasteiger partial charge < -0.3 is 29.6 Å². The Morgan fingerprint density at radius 1 is 1.10 bits per heavy atom. The van der Waals surface area contributed by atoms with Crippen molar-refractivity contribution >= 4 is 33.8 Å². The zero-order valence-electron chi connectivity index (χ0n) is 23.8. The fraction of sp³-hybridized carbons (Fsp3) is 0.333. The molecule has 3 aromatic heterocycles. The van der Waals surface area contributed by atoms with E-state index in [1.807, 2.05) is 84.0 Å². The SMILES string of the molecule is COc1cc2c(cc1-c1c(C)noc1C)[nH]c1nc(C)nc(NC(CNC(=O)OC(C)(C)C)c3ccccc3)c12. The van der Waals surface area contributed by atoms with Crippen molar-refractivity contribution in [2.75, 3.05) is 19.0 Å². The van der Waals surface area contributed by atoms with Gasteiger partial charge in [-0.1, -0.05) is 35.5 Å². The summed E-state index contributed by atoms with van der Waals surface area (Å²) in [7, 11) is 1.64. The first-order valence-electron chi connectivity index (χ1n) is 13.1. The van der Waals surface area contributed by atoms with Crippen molar-refractivity contribution in [3.8, 4) is 16.9 Å². The van der Waals surface area contributed by atoms with Gasteiger partial charge in [0.25, 0.3) is 0 Å². The van der Waals surface area contributed by atoms with E-state index in [0.29, 0.717) is 28.8 Å². The number of nitrogens with one attached hydrogen (secondary N) is 3. The summed E-state index contributed by atoms with van der Waals surface area (Å²) in [5, 5.41) is 12.3. The summed E-state index contributed by atoms with van der Waals surface area (Å²) in [6, 6.07) is 13.6. The monoisotopic (exact) mass is 542 g/mol. The van der Waals surface area contributed by atoms with E-state index in [9.17, 15) is 4.79 Å². The molecule has 0 aliphatic carbocycles.